The second-order valence-corrected chi connectivity index (χ2v) is 6.61. The normalized spacial score (nSPS) is 10.1. The van der Waals surface area contributed by atoms with E-state index in [-0.39, 0.29) is 31.5 Å². The molecule has 0 atom stereocenters. The van der Waals surface area contributed by atoms with Crippen molar-refractivity contribution in [3.05, 3.63) is 78.3 Å². The average molecular weight is 403 g/mol. The van der Waals surface area contributed by atoms with Gasteiger partial charge in [-0.3, -0.25) is 9.59 Å². The first-order valence-corrected chi connectivity index (χ1v) is 9.31. The van der Waals surface area contributed by atoms with Crippen LogP contribution in [-0.4, -0.2) is 36.9 Å². The molecular weight excluding hydrogens is 382 g/mol. The summed E-state index contributed by atoms with van der Waals surface area (Å²) in [5.74, 6) is 0.606. The van der Waals surface area contributed by atoms with Crippen molar-refractivity contribution in [2.75, 3.05) is 20.2 Å². The van der Waals surface area contributed by atoms with Gasteiger partial charge < -0.3 is 19.4 Å². The highest BCUT2D eigenvalue weighted by Gasteiger charge is 2.14. The highest BCUT2D eigenvalue weighted by Crippen LogP contribution is 2.22. The molecule has 152 valence electrons. The van der Waals surface area contributed by atoms with Crippen LogP contribution in [0.25, 0.3) is 11.1 Å². The number of likely N-dealkylation sites (N-methyl/N-ethyl adjacent to an activating group) is 1. The molecule has 0 saturated carbocycles. The van der Waals surface area contributed by atoms with E-state index in [9.17, 15) is 9.59 Å². The van der Waals surface area contributed by atoms with Crippen LogP contribution in [0.3, 0.4) is 0 Å². The van der Waals surface area contributed by atoms with E-state index in [1.807, 2.05) is 24.3 Å². The third-order valence-corrected chi connectivity index (χ3v) is 4.41. The highest BCUT2D eigenvalue weighted by atomic mass is 16.5. The third-order valence-electron chi connectivity index (χ3n) is 4.41. The van der Waals surface area contributed by atoms with Gasteiger partial charge in [0.1, 0.15) is 11.5 Å². The summed E-state index contributed by atoms with van der Waals surface area (Å²) >= 11 is 0. The topological polar surface area (TPSA) is 95.6 Å². The number of ether oxygens (including phenoxy) is 1. The molecule has 7 heteroatoms. The number of nitrogens with zero attached hydrogens (tertiary/aromatic N) is 2. The van der Waals surface area contributed by atoms with Crippen LogP contribution in [-0.2, 0) is 16.1 Å². The number of carbonyl (C=O) groups is 2. The molecule has 30 heavy (non-hydrogen) atoms. The Morgan fingerprint density at radius 2 is 1.73 bits per heavy atom. The third kappa shape index (κ3) is 5.72. The fraction of sp³-hybridized carbons (Fsp3) is 0.174. The molecule has 3 rings (SSSR count). The molecule has 0 saturated heterocycles. The summed E-state index contributed by atoms with van der Waals surface area (Å²) in [4.78, 5) is 25.5. The summed E-state index contributed by atoms with van der Waals surface area (Å²) < 4.78 is 10.7. The van der Waals surface area contributed by atoms with Gasteiger partial charge in [-0.05, 0) is 47.5 Å². The molecule has 0 aliphatic heterocycles. The Labute approximate surface area is 174 Å². The van der Waals surface area contributed by atoms with Crippen LogP contribution in [0.1, 0.15) is 11.3 Å². The molecule has 0 fully saturated rings. The van der Waals surface area contributed by atoms with Crippen LogP contribution in [0.4, 0.5) is 0 Å². The summed E-state index contributed by atoms with van der Waals surface area (Å²) in [5.41, 5.74) is 2.57. The predicted octanol–water partition coefficient (Wildman–Crippen LogP) is 2.97. The number of hydrogen-bond acceptors (Lipinski definition) is 5. The monoisotopic (exact) mass is 403 g/mol. The summed E-state index contributed by atoms with van der Waals surface area (Å²) in [7, 11) is 1.55. The first-order chi connectivity index (χ1) is 14.5. The van der Waals surface area contributed by atoms with Crippen LogP contribution >= 0.6 is 0 Å². The Hall–Kier alpha value is -4.05. The molecule has 2 amide bonds. The molecule has 0 spiro atoms. The molecule has 7 nitrogen and oxygen atoms in total. The van der Waals surface area contributed by atoms with Gasteiger partial charge in [-0.1, -0.05) is 24.3 Å². The zero-order chi connectivity index (χ0) is 21.3. The Balaban J connectivity index is 1.45. The van der Waals surface area contributed by atoms with Crippen molar-refractivity contribution < 1.29 is 18.7 Å². The lowest BCUT2D eigenvalue weighted by Crippen LogP contribution is -2.40. The molecule has 1 N–H and O–H groups in total. The van der Waals surface area contributed by atoms with Crippen LogP contribution in [0, 0.1) is 11.3 Å². The van der Waals surface area contributed by atoms with E-state index in [0.29, 0.717) is 17.1 Å². The van der Waals surface area contributed by atoms with Gasteiger partial charge in [0.25, 0.3) is 5.91 Å². The lowest BCUT2D eigenvalue weighted by molar-refractivity contribution is -0.136. The van der Waals surface area contributed by atoms with Crippen LogP contribution in [0.5, 0.6) is 5.75 Å². The van der Waals surface area contributed by atoms with E-state index in [1.165, 1.54) is 11.2 Å². The molecule has 1 aromatic heterocycles. The minimum Gasteiger partial charge on any atom is -0.484 e. The fourth-order valence-corrected chi connectivity index (χ4v) is 2.69. The second-order valence-electron chi connectivity index (χ2n) is 6.61. The molecule has 0 aliphatic rings. The van der Waals surface area contributed by atoms with Crippen molar-refractivity contribution in [1.29, 1.82) is 5.26 Å². The number of nitrogens with one attached hydrogen (secondary N) is 1. The van der Waals surface area contributed by atoms with Crippen molar-refractivity contribution in [2.24, 2.45) is 0 Å². The molecule has 0 radical (unpaired) electrons. The van der Waals surface area contributed by atoms with E-state index in [0.717, 1.165) is 11.1 Å². The predicted molar refractivity (Wildman–Crippen MR) is 110 cm³/mol. The van der Waals surface area contributed by atoms with E-state index < -0.39 is 0 Å². The maximum absolute atomic E-state index is 12.2. The smallest absolute Gasteiger partial charge is 0.260 e. The van der Waals surface area contributed by atoms with E-state index >= 15 is 0 Å². The summed E-state index contributed by atoms with van der Waals surface area (Å²) in [6, 6.07) is 20.2. The summed E-state index contributed by atoms with van der Waals surface area (Å²) in [6.07, 6.45) is 1.53. The first-order valence-electron chi connectivity index (χ1n) is 9.31. The fourth-order valence-electron chi connectivity index (χ4n) is 2.69. The maximum atomic E-state index is 12.2. The summed E-state index contributed by atoms with van der Waals surface area (Å²) in [5, 5.41) is 11.6. The largest absolute Gasteiger partial charge is 0.484 e. The Kier molecular flexibility index (Phi) is 6.85. The lowest BCUT2D eigenvalue weighted by atomic mass is 10.0. The van der Waals surface area contributed by atoms with Crippen LogP contribution in [0.2, 0.25) is 0 Å². The van der Waals surface area contributed by atoms with Crippen molar-refractivity contribution in [1.82, 2.24) is 10.2 Å². The van der Waals surface area contributed by atoms with Crippen molar-refractivity contribution in [3.8, 4) is 22.9 Å². The van der Waals surface area contributed by atoms with Gasteiger partial charge >= 0.3 is 0 Å². The average Bonchev–Trinajstić information content (AvgIpc) is 3.30. The summed E-state index contributed by atoms with van der Waals surface area (Å²) in [6.45, 7) is 0.0364. The number of rotatable bonds is 8. The Morgan fingerprint density at radius 1 is 1.07 bits per heavy atom. The second kappa shape index (κ2) is 9.94. The van der Waals surface area contributed by atoms with Crippen LogP contribution in [0.15, 0.2) is 71.3 Å². The molecule has 1 heterocycles. The quantitative estimate of drug-likeness (QED) is 0.624. The number of furan rings is 1. The van der Waals surface area contributed by atoms with Crippen molar-refractivity contribution >= 4 is 11.8 Å². The van der Waals surface area contributed by atoms with Gasteiger partial charge in [-0.25, -0.2) is 0 Å². The zero-order valence-corrected chi connectivity index (χ0v) is 16.5. The van der Waals surface area contributed by atoms with E-state index in [2.05, 4.69) is 11.4 Å². The van der Waals surface area contributed by atoms with Crippen LogP contribution < -0.4 is 10.1 Å². The standard InChI is InChI=1S/C23H21N3O4/c1-26(15-22(27)25-14-21-3-2-12-29-21)23(28)16-30-20-10-8-19(9-11-20)18-6-4-17(13-24)5-7-18/h2-12H,14-16H2,1H3,(H,25,27). The van der Waals surface area contributed by atoms with Gasteiger partial charge in [0.15, 0.2) is 6.61 Å². The van der Waals surface area contributed by atoms with Gasteiger partial charge in [-0.2, -0.15) is 5.26 Å². The minimum atomic E-state index is -0.306. The minimum absolute atomic E-state index is 0.0689. The van der Waals surface area contributed by atoms with Gasteiger partial charge in [0.05, 0.1) is 31.0 Å². The Bertz CT molecular complexity index is 1020. The molecule has 3 aromatic rings. The number of benzene rings is 2. The number of amides is 2. The number of carbonyl (C=O) groups excluding carboxylic acids is 2. The first kappa shape index (κ1) is 20.7. The lowest BCUT2D eigenvalue weighted by Gasteiger charge is -2.17. The van der Waals surface area contributed by atoms with E-state index in [1.54, 1.807) is 43.4 Å². The molecule has 0 aliphatic carbocycles. The molecular formula is C23H21N3O4. The molecule has 0 unspecified atom stereocenters. The van der Waals surface area contributed by atoms with E-state index in [4.69, 9.17) is 14.4 Å². The molecule has 0 bridgehead atoms. The number of nitriles is 1. The van der Waals surface area contributed by atoms with Gasteiger partial charge in [0, 0.05) is 7.05 Å². The van der Waals surface area contributed by atoms with Crippen molar-refractivity contribution in [2.45, 2.75) is 6.54 Å². The van der Waals surface area contributed by atoms with Gasteiger partial charge in [0.2, 0.25) is 5.91 Å². The highest BCUT2D eigenvalue weighted by molar-refractivity contribution is 5.85. The van der Waals surface area contributed by atoms with Crippen molar-refractivity contribution in [3.63, 3.8) is 0 Å². The maximum Gasteiger partial charge on any atom is 0.260 e. The SMILES string of the molecule is CN(CC(=O)NCc1ccco1)C(=O)COc1ccc(-c2ccc(C#N)cc2)cc1. The van der Waals surface area contributed by atoms with Gasteiger partial charge in [-0.15, -0.1) is 0 Å². The number of hydrogen-bond donors (Lipinski definition) is 1. The molecule has 2 aromatic carbocycles. The zero-order valence-electron chi connectivity index (χ0n) is 16.5. The Morgan fingerprint density at radius 3 is 2.33 bits per heavy atom.